The Kier molecular flexibility index (Phi) is 9.66. The molecule has 0 aromatic heterocycles. The summed E-state index contributed by atoms with van der Waals surface area (Å²) in [6.07, 6.45) is 1.92. The second-order valence-electron chi connectivity index (χ2n) is 8.21. The van der Waals surface area contributed by atoms with E-state index in [4.69, 9.17) is 9.47 Å². The highest BCUT2D eigenvalue weighted by Crippen LogP contribution is 2.27. The third-order valence-electron chi connectivity index (χ3n) is 5.30. The van der Waals surface area contributed by atoms with E-state index in [0.29, 0.717) is 23.8 Å². The van der Waals surface area contributed by atoms with Gasteiger partial charge in [0, 0.05) is 4.90 Å². The van der Waals surface area contributed by atoms with E-state index in [1.165, 1.54) is 11.8 Å². The lowest BCUT2D eigenvalue weighted by Gasteiger charge is -2.25. The summed E-state index contributed by atoms with van der Waals surface area (Å²) in [5.74, 6) is 0.886. The van der Waals surface area contributed by atoms with E-state index in [1.54, 1.807) is 48.5 Å². The van der Waals surface area contributed by atoms with Gasteiger partial charge in [0.05, 0.1) is 23.2 Å². The lowest BCUT2D eigenvalue weighted by atomic mass is 10.2. The maximum Gasteiger partial charge on any atom is 0.264 e. The zero-order valence-electron chi connectivity index (χ0n) is 20.9. The third kappa shape index (κ3) is 7.41. The number of carbonyl (C=O) groups is 1. The number of thioether (sulfide) groups is 1. The third-order valence-corrected chi connectivity index (χ3v) is 7.83. The summed E-state index contributed by atoms with van der Waals surface area (Å²) in [6, 6.07) is 20.6. The van der Waals surface area contributed by atoms with E-state index in [0.717, 1.165) is 14.8 Å². The molecule has 9 heteroatoms. The van der Waals surface area contributed by atoms with Gasteiger partial charge in [0.1, 0.15) is 24.7 Å². The van der Waals surface area contributed by atoms with Gasteiger partial charge in [-0.25, -0.2) is 8.42 Å². The molecule has 36 heavy (non-hydrogen) atoms. The van der Waals surface area contributed by atoms with Crippen LogP contribution in [0.3, 0.4) is 0 Å². The Morgan fingerprint density at radius 2 is 1.53 bits per heavy atom. The molecule has 1 amide bonds. The molecule has 192 valence electrons. The zero-order chi connectivity index (χ0) is 26.1. The molecular weight excluding hydrogens is 496 g/mol. The molecule has 0 spiro atoms. The molecule has 0 bridgehead atoms. The van der Waals surface area contributed by atoms with Crippen LogP contribution in [0.15, 0.2) is 82.6 Å². The summed E-state index contributed by atoms with van der Waals surface area (Å²) < 4.78 is 39.5. The topological polar surface area (TPSA) is 84.9 Å². The number of nitrogens with zero attached hydrogens (tertiary/aromatic N) is 1. The first kappa shape index (κ1) is 27.4. The number of ether oxygens (including phenoxy) is 2. The summed E-state index contributed by atoms with van der Waals surface area (Å²) in [5.41, 5.74) is 1.49. The predicted octanol–water partition coefficient (Wildman–Crippen LogP) is 4.89. The average molecular weight is 529 g/mol. The lowest BCUT2D eigenvalue weighted by Crippen LogP contribution is -2.45. The number of anilines is 1. The SMILES string of the molecule is CCOc1ccc(N(CC(=O)NC(C)COc2ccc(C)cc2)S(=O)(=O)c2ccc(SC)cc2)cc1. The van der Waals surface area contributed by atoms with Crippen LogP contribution in [0.5, 0.6) is 11.5 Å². The quantitative estimate of drug-likeness (QED) is 0.337. The fourth-order valence-electron chi connectivity index (χ4n) is 3.41. The van der Waals surface area contributed by atoms with Gasteiger partial charge in [-0.05, 0) is 87.7 Å². The van der Waals surface area contributed by atoms with Crippen molar-refractivity contribution in [1.29, 1.82) is 0 Å². The molecule has 0 saturated heterocycles. The molecule has 0 aliphatic carbocycles. The summed E-state index contributed by atoms with van der Waals surface area (Å²) in [7, 11) is -4.00. The van der Waals surface area contributed by atoms with Gasteiger partial charge in [0.15, 0.2) is 0 Å². The highest BCUT2D eigenvalue weighted by molar-refractivity contribution is 7.98. The largest absolute Gasteiger partial charge is 0.494 e. The van der Waals surface area contributed by atoms with Gasteiger partial charge >= 0.3 is 0 Å². The smallest absolute Gasteiger partial charge is 0.264 e. The summed E-state index contributed by atoms with van der Waals surface area (Å²) in [5, 5.41) is 2.84. The molecule has 0 radical (unpaired) electrons. The number of sulfonamides is 1. The molecule has 0 aliphatic heterocycles. The maximum atomic E-state index is 13.6. The molecule has 1 N–H and O–H groups in total. The Morgan fingerprint density at radius 3 is 2.11 bits per heavy atom. The molecule has 3 rings (SSSR count). The zero-order valence-corrected chi connectivity index (χ0v) is 22.6. The van der Waals surface area contributed by atoms with Gasteiger partial charge in [0.25, 0.3) is 10.0 Å². The fourth-order valence-corrected chi connectivity index (χ4v) is 5.24. The molecule has 7 nitrogen and oxygen atoms in total. The van der Waals surface area contributed by atoms with Crippen LogP contribution in [0.25, 0.3) is 0 Å². The van der Waals surface area contributed by atoms with Crippen LogP contribution in [0.4, 0.5) is 5.69 Å². The van der Waals surface area contributed by atoms with Crippen molar-refractivity contribution in [1.82, 2.24) is 5.32 Å². The number of rotatable bonds is 12. The first-order valence-electron chi connectivity index (χ1n) is 11.6. The Bertz CT molecular complexity index is 1230. The Hall–Kier alpha value is -3.17. The van der Waals surface area contributed by atoms with Crippen LogP contribution in [-0.2, 0) is 14.8 Å². The molecule has 0 saturated carbocycles. The van der Waals surface area contributed by atoms with Crippen molar-refractivity contribution in [3.05, 3.63) is 78.4 Å². The minimum absolute atomic E-state index is 0.109. The standard InChI is InChI=1S/C27H32N2O5S2/c1-5-33-23-12-8-22(9-13-23)29(36(31,32)26-16-14-25(35-4)15-17-26)18-27(30)28-21(3)19-34-24-10-6-20(2)7-11-24/h6-17,21H,5,18-19H2,1-4H3,(H,28,30). The van der Waals surface area contributed by atoms with Crippen molar-refractivity contribution in [3.8, 4) is 11.5 Å². The van der Waals surface area contributed by atoms with Crippen molar-refractivity contribution in [2.24, 2.45) is 0 Å². The van der Waals surface area contributed by atoms with E-state index in [2.05, 4.69) is 5.32 Å². The molecule has 3 aromatic carbocycles. The molecule has 3 aromatic rings. The molecule has 0 fully saturated rings. The van der Waals surface area contributed by atoms with Gasteiger partial charge < -0.3 is 14.8 Å². The second kappa shape index (κ2) is 12.7. The van der Waals surface area contributed by atoms with E-state index in [-0.39, 0.29) is 24.1 Å². The Labute approximate surface area is 217 Å². The summed E-state index contributed by atoms with van der Waals surface area (Å²) in [6.45, 7) is 6.04. The van der Waals surface area contributed by atoms with Crippen LogP contribution in [0.1, 0.15) is 19.4 Å². The van der Waals surface area contributed by atoms with Crippen molar-refractivity contribution >= 4 is 33.4 Å². The van der Waals surface area contributed by atoms with Gasteiger partial charge in [-0.2, -0.15) is 0 Å². The van der Waals surface area contributed by atoms with Crippen LogP contribution in [-0.4, -0.2) is 46.4 Å². The van der Waals surface area contributed by atoms with Crippen molar-refractivity contribution < 1.29 is 22.7 Å². The van der Waals surface area contributed by atoms with Crippen molar-refractivity contribution in [2.45, 2.75) is 36.6 Å². The predicted molar refractivity (Wildman–Crippen MR) is 145 cm³/mol. The highest BCUT2D eigenvalue weighted by atomic mass is 32.2. The van der Waals surface area contributed by atoms with Crippen LogP contribution >= 0.6 is 11.8 Å². The fraction of sp³-hybridized carbons (Fsp3) is 0.296. The first-order valence-corrected chi connectivity index (χ1v) is 14.3. The molecule has 1 atom stereocenters. The number of benzene rings is 3. The van der Waals surface area contributed by atoms with E-state index >= 15 is 0 Å². The highest BCUT2D eigenvalue weighted by Gasteiger charge is 2.28. The average Bonchev–Trinajstić information content (AvgIpc) is 2.87. The van der Waals surface area contributed by atoms with E-state index in [1.807, 2.05) is 51.3 Å². The summed E-state index contributed by atoms with van der Waals surface area (Å²) >= 11 is 1.52. The Morgan fingerprint density at radius 1 is 0.944 bits per heavy atom. The van der Waals surface area contributed by atoms with Gasteiger partial charge in [0.2, 0.25) is 5.91 Å². The lowest BCUT2D eigenvalue weighted by molar-refractivity contribution is -0.120. The van der Waals surface area contributed by atoms with Crippen molar-refractivity contribution in [2.75, 3.05) is 30.3 Å². The number of nitrogens with one attached hydrogen (secondary N) is 1. The number of hydrogen-bond donors (Lipinski definition) is 1. The number of aryl methyl sites for hydroxylation is 1. The molecule has 0 aliphatic rings. The summed E-state index contributed by atoms with van der Waals surface area (Å²) in [4.78, 5) is 14.0. The van der Waals surface area contributed by atoms with Gasteiger partial charge in [-0.1, -0.05) is 17.7 Å². The van der Waals surface area contributed by atoms with E-state index < -0.39 is 15.9 Å². The van der Waals surface area contributed by atoms with Crippen LogP contribution in [0, 0.1) is 6.92 Å². The van der Waals surface area contributed by atoms with Crippen molar-refractivity contribution in [3.63, 3.8) is 0 Å². The molecule has 1 unspecified atom stereocenters. The maximum absolute atomic E-state index is 13.6. The Balaban J connectivity index is 1.77. The normalized spacial score (nSPS) is 12.0. The van der Waals surface area contributed by atoms with Crippen LogP contribution < -0.4 is 19.1 Å². The van der Waals surface area contributed by atoms with Crippen LogP contribution in [0.2, 0.25) is 0 Å². The molecular formula is C27H32N2O5S2. The number of carbonyl (C=O) groups excluding carboxylic acids is 1. The minimum Gasteiger partial charge on any atom is -0.494 e. The molecule has 0 heterocycles. The second-order valence-corrected chi connectivity index (χ2v) is 10.9. The number of hydrogen-bond acceptors (Lipinski definition) is 6. The van der Waals surface area contributed by atoms with Gasteiger partial charge in [-0.3, -0.25) is 9.10 Å². The first-order chi connectivity index (χ1) is 17.2. The van der Waals surface area contributed by atoms with E-state index in [9.17, 15) is 13.2 Å². The van der Waals surface area contributed by atoms with Gasteiger partial charge in [-0.15, -0.1) is 11.8 Å². The minimum atomic E-state index is -4.00. The monoisotopic (exact) mass is 528 g/mol. The number of amides is 1.